The first kappa shape index (κ1) is 14.2. The Kier molecular flexibility index (Phi) is 4.01. The van der Waals surface area contributed by atoms with E-state index in [1.165, 1.54) is 0 Å². The van der Waals surface area contributed by atoms with E-state index in [0.717, 1.165) is 20.8 Å². The van der Waals surface area contributed by atoms with E-state index in [4.69, 9.17) is 0 Å². The Hall–Kier alpha value is -1.75. The molecule has 0 aliphatic heterocycles. The Balaban J connectivity index is 1.98. The molecule has 0 radical (unpaired) electrons. The lowest BCUT2D eigenvalue weighted by molar-refractivity contribution is 0.116. The minimum atomic E-state index is -0.685. The molecule has 3 rings (SSSR count). The topological polar surface area (TPSA) is 53.4 Å². The second-order valence-electron chi connectivity index (χ2n) is 5.21. The second-order valence-corrected chi connectivity index (χ2v) is 6.33. The summed E-state index contributed by atoms with van der Waals surface area (Å²) in [5.74, 6) is 0. The molecule has 2 aromatic carbocycles. The summed E-state index contributed by atoms with van der Waals surface area (Å²) in [6.45, 7) is -0.215. The molecule has 0 amide bonds. The maximum Gasteiger partial charge on any atom is 0.0949 e. The Labute approximate surface area is 127 Å². The Morgan fingerprint density at radius 1 is 0.905 bits per heavy atom. The van der Waals surface area contributed by atoms with Crippen LogP contribution in [-0.4, -0.2) is 28.4 Å². The lowest BCUT2D eigenvalue weighted by Gasteiger charge is -2.29. The summed E-state index contributed by atoms with van der Waals surface area (Å²) in [6.07, 6.45) is 0.531. The predicted molar refractivity (Wildman–Crippen MR) is 85.6 cm³/mol. The molecule has 0 aliphatic rings. The van der Waals surface area contributed by atoms with E-state index < -0.39 is 5.41 Å². The number of aliphatic hydroxyl groups excluding tert-OH is 2. The van der Waals surface area contributed by atoms with E-state index in [2.05, 4.69) is 4.98 Å². The fourth-order valence-corrected chi connectivity index (χ4v) is 3.63. The normalized spacial score (nSPS) is 11.9. The quantitative estimate of drug-likeness (QED) is 0.761. The van der Waals surface area contributed by atoms with Crippen molar-refractivity contribution in [3.63, 3.8) is 0 Å². The highest BCUT2D eigenvalue weighted by atomic mass is 32.1. The van der Waals surface area contributed by atoms with Gasteiger partial charge in [-0.15, -0.1) is 11.3 Å². The highest BCUT2D eigenvalue weighted by Crippen LogP contribution is 2.31. The van der Waals surface area contributed by atoms with Gasteiger partial charge >= 0.3 is 0 Å². The molecule has 2 N–H and O–H groups in total. The van der Waals surface area contributed by atoms with Gasteiger partial charge < -0.3 is 10.2 Å². The third-order valence-corrected chi connectivity index (χ3v) is 4.86. The number of hydrogen-bond donors (Lipinski definition) is 2. The van der Waals surface area contributed by atoms with E-state index >= 15 is 0 Å². The van der Waals surface area contributed by atoms with Gasteiger partial charge in [0.25, 0.3) is 0 Å². The number of fused-ring (bicyclic) bond motifs is 1. The summed E-state index contributed by atoms with van der Waals surface area (Å²) in [6, 6.07) is 17.7. The maximum absolute atomic E-state index is 9.88. The number of thiazole rings is 1. The zero-order valence-corrected chi connectivity index (χ0v) is 12.4. The van der Waals surface area contributed by atoms with Gasteiger partial charge in [-0.2, -0.15) is 0 Å². The van der Waals surface area contributed by atoms with Crippen molar-refractivity contribution in [2.75, 3.05) is 13.2 Å². The van der Waals surface area contributed by atoms with Crippen LogP contribution in [0.25, 0.3) is 10.2 Å². The van der Waals surface area contributed by atoms with Crippen molar-refractivity contribution in [1.82, 2.24) is 4.98 Å². The van der Waals surface area contributed by atoms with Crippen LogP contribution in [0.4, 0.5) is 0 Å². The summed E-state index contributed by atoms with van der Waals surface area (Å²) in [7, 11) is 0. The van der Waals surface area contributed by atoms with Crippen molar-refractivity contribution in [3.8, 4) is 0 Å². The number of hydrogen-bond acceptors (Lipinski definition) is 4. The Morgan fingerprint density at radius 2 is 1.57 bits per heavy atom. The van der Waals surface area contributed by atoms with Crippen LogP contribution in [0, 0.1) is 0 Å². The van der Waals surface area contributed by atoms with Crippen LogP contribution in [0.15, 0.2) is 54.6 Å². The zero-order valence-electron chi connectivity index (χ0n) is 11.6. The molecule has 3 aromatic rings. The largest absolute Gasteiger partial charge is 0.395 e. The van der Waals surface area contributed by atoms with Crippen molar-refractivity contribution in [3.05, 3.63) is 65.2 Å². The minimum Gasteiger partial charge on any atom is -0.395 e. The lowest BCUT2D eigenvalue weighted by Crippen LogP contribution is -2.37. The molecule has 0 bridgehead atoms. The van der Waals surface area contributed by atoms with Crippen molar-refractivity contribution in [2.45, 2.75) is 11.8 Å². The first-order chi connectivity index (χ1) is 10.3. The van der Waals surface area contributed by atoms with Gasteiger partial charge in [-0.1, -0.05) is 42.5 Å². The van der Waals surface area contributed by atoms with Crippen LogP contribution in [-0.2, 0) is 11.8 Å². The minimum absolute atomic E-state index is 0.108. The smallest absolute Gasteiger partial charge is 0.0949 e. The number of aliphatic hydroxyl groups is 2. The molecule has 0 aliphatic carbocycles. The molecule has 0 spiro atoms. The fraction of sp³-hybridized carbons (Fsp3) is 0.235. The molecule has 1 aromatic heterocycles. The molecule has 0 atom stereocenters. The third-order valence-electron chi connectivity index (χ3n) is 3.82. The molecular formula is C17H17NO2S. The maximum atomic E-state index is 9.88. The fourth-order valence-electron chi connectivity index (χ4n) is 2.52. The molecule has 4 heteroatoms. The van der Waals surface area contributed by atoms with Crippen molar-refractivity contribution < 1.29 is 10.2 Å². The number of nitrogens with zero attached hydrogens (tertiary/aromatic N) is 1. The first-order valence-corrected chi connectivity index (χ1v) is 7.71. The van der Waals surface area contributed by atoms with Crippen LogP contribution in [0.3, 0.4) is 0 Å². The summed E-state index contributed by atoms with van der Waals surface area (Å²) in [5.41, 5.74) is 1.22. The molecule has 108 valence electrons. The zero-order chi connectivity index (χ0) is 14.7. The third kappa shape index (κ3) is 2.70. The number of rotatable bonds is 5. The molecule has 0 saturated carbocycles. The van der Waals surface area contributed by atoms with Gasteiger partial charge in [0.1, 0.15) is 0 Å². The number of para-hydroxylation sites is 1. The summed E-state index contributed by atoms with van der Waals surface area (Å²) in [4.78, 5) is 4.62. The summed E-state index contributed by atoms with van der Waals surface area (Å²) < 4.78 is 1.13. The van der Waals surface area contributed by atoms with Crippen LogP contribution in [0.2, 0.25) is 0 Å². The first-order valence-electron chi connectivity index (χ1n) is 6.89. The Morgan fingerprint density at radius 3 is 2.24 bits per heavy atom. The molecule has 21 heavy (non-hydrogen) atoms. The molecule has 3 nitrogen and oxygen atoms in total. The van der Waals surface area contributed by atoms with E-state index in [0.29, 0.717) is 6.42 Å². The molecule has 0 unspecified atom stereocenters. The van der Waals surface area contributed by atoms with Crippen molar-refractivity contribution in [1.29, 1.82) is 0 Å². The standard InChI is InChI=1S/C17H17NO2S/c19-11-17(12-20,13-6-2-1-3-7-13)10-16-18-14-8-4-5-9-15(14)21-16/h1-9,19-20H,10-12H2. The van der Waals surface area contributed by atoms with E-state index in [1.54, 1.807) is 11.3 Å². The Bertz CT molecular complexity index is 687. The average molecular weight is 299 g/mol. The highest BCUT2D eigenvalue weighted by molar-refractivity contribution is 7.18. The molecule has 0 fully saturated rings. The van der Waals surface area contributed by atoms with Gasteiger partial charge in [0.05, 0.1) is 28.4 Å². The summed E-state index contributed by atoms with van der Waals surface area (Å²) >= 11 is 1.62. The van der Waals surface area contributed by atoms with Gasteiger partial charge in [0.2, 0.25) is 0 Å². The molecular weight excluding hydrogens is 282 g/mol. The van der Waals surface area contributed by atoms with Crippen molar-refractivity contribution >= 4 is 21.6 Å². The van der Waals surface area contributed by atoms with E-state index in [1.807, 2.05) is 54.6 Å². The van der Waals surface area contributed by atoms with Gasteiger partial charge in [-0.05, 0) is 17.7 Å². The van der Waals surface area contributed by atoms with Crippen LogP contribution in [0.5, 0.6) is 0 Å². The highest BCUT2D eigenvalue weighted by Gasteiger charge is 2.32. The SMILES string of the molecule is OCC(CO)(Cc1nc2ccccc2s1)c1ccccc1. The lowest BCUT2D eigenvalue weighted by atomic mass is 9.79. The van der Waals surface area contributed by atoms with Crippen molar-refractivity contribution in [2.24, 2.45) is 0 Å². The number of benzene rings is 2. The van der Waals surface area contributed by atoms with E-state index in [9.17, 15) is 10.2 Å². The monoisotopic (exact) mass is 299 g/mol. The van der Waals surface area contributed by atoms with Gasteiger partial charge in [-0.3, -0.25) is 0 Å². The van der Waals surface area contributed by atoms with Crippen LogP contribution >= 0.6 is 11.3 Å². The van der Waals surface area contributed by atoms with Gasteiger partial charge in [0.15, 0.2) is 0 Å². The molecule has 0 saturated heterocycles. The van der Waals surface area contributed by atoms with Crippen LogP contribution < -0.4 is 0 Å². The average Bonchev–Trinajstić information content (AvgIpc) is 2.96. The molecule has 1 heterocycles. The summed E-state index contributed by atoms with van der Waals surface area (Å²) in [5, 5.41) is 20.7. The predicted octanol–water partition coefficient (Wildman–Crippen LogP) is 2.76. The number of aromatic nitrogens is 1. The second kappa shape index (κ2) is 5.93. The van der Waals surface area contributed by atoms with Crippen LogP contribution in [0.1, 0.15) is 10.6 Å². The van der Waals surface area contributed by atoms with Gasteiger partial charge in [-0.25, -0.2) is 4.98 Å². The van der Waals surface area contributed by atoms with E-state index in [-0.39, 0.29) is 13.2 Å². The van der Waals surface area contributed by atoms with Gasteiger partial charge in [0, 0.05) is 11.8 Å².